The van der Waals surface area contributed by atoms with Crippen molar-refractivity contribution < 1.29 is 0 Å². The third-order valence-corrected chi connectivity index (χ3v) is 3.57. The average Bonchev–Trinajstić information content (AvgIpc) is 2.96. The number of anilines is 1. The standard InChI is InChI=1S/C15H13N3S/c1-2-4-12(5-3-1)10-17-15-18-14(11-19-15)13-6-8-16-9-7-13/h1-9,11H,10H2,(H,17,18). The van der Waals surface area contributed by atoms with E-state index in [1.54, 1.807) is 23.7 Å². The fourth-order valence-electron chi connectivity index (χ4n) is 1.78. The van der Waals surface area contributed by atoms with E-state index in [4.69, 9.17) is 0 Å². The molecule has 0 radical (unpaired) electrons. The van der Waals surface area contributed by atoms with Crippen molar-refractivity contribution in [2.24, 2.45) is 0 Å². The lowest BCUT2D eigenvalue weighted by Crippen LogP contribution is -1.98. The van der Waals surface area contributed by atoms with Crippen molar-refractivity contribution >= 4 is 16.5 Å². The molecule has 94 valence electrons. The molecule has 0 atom stereocenters. The van der Waals surface area contributed by atoms with Gasteiger partial charge in [-0.15, -0.1) is 11.3 Å². The first-order valence-electron chi connectivity index (χ1n) is 6.05. The number of nitrogens with one attached hydrogen (secondary N) is 1. The van der Waals surface area contributed by atoms with Gasteiger partial charge in [0, 0.05) is 29.9 Å². The van der Waals surface area contributed by atoms with Crippen LogP contribution in [0.2, 0.25) is 0 Å². The van der Waals surface area contributed by atoms with Crippen LogP contribution in [0.25, 0.3) is 11.3 Å². The smallest absolute Gasteiger partial charge is 0.183 e. The maximum absolute atomic E-state index is 4.58. The van der Waals surface area contributed by atoms with Crippen molar-refractivity contribution in [2.75, 3.05) is 5.32 Å². The minimum atomic E-state index is 0.796. The second-order valence-electron chi connectivity index (χ2n) is 4.11. The molecule has 0 bridgehead atoms. The van der Waals surface area contributed by atoms with Gasteiger partial charge in [0.2, 0.25) is 0 Å². The monoisotopic (exact) mass is 267 g/mol. The Labute approximate surface area is 116 Å². The van der Waals surface area contributed by atoms with Crippen LogP contribution in [0.5, 0.6) is 0 Å². The molecule has 0 aliphatic rings. The van der Waals surface area contributed by atoms with Crippen molar-refractivity contribution in [1.29, 1.82) is 0 Å². The van der Waals surface area contributed by atoms with Crippen LogP contribution in [0.1, 0.15) is 5.56 Å². The molecule has 0 aliphatic carbocycles. The van der Waals surface area contributed by atoms with Gasteiger partial charge < -0.3 is 5.32 Å². The van der Waals surface area contributed by atoms with Gasteiger partial charge in [0.15, 0.2) is 5.13 Å². The first-order chi connectivity index (χ1) is 9.42. The Morgan fingerprint density at radius 2 is 1.79 bits per heavy atom. The van der Waals surface area contributed by atoms with E-state index in [1.807, 2.05) is 30.3 Å². The number of pyridine rings is 1. The van der Waals surface area contributed by atoms with Crippen molar-refractivity contribution in [3.8, 4) is 11.3 Å². The predicted molar refractivity (Wildman–Crippen MR) is 79.1 cm³/mol. The Morgan fingerprint density at radius 3 is 2.58 bits per heavy atom. The molecule has 2 heterocycles. The van der Waals surface area contributed by atoms with Gasteiger partial charge in [0.1, 0.15) is 0 Å². The molecular formula is C15H13N3S. The summed E-state index contributed by atoms with van der Waals surface area (Å²) in [5.41, 5.74) is 3.34. The van der Waals surface area contributed by atoms with Gasteiger partial charge in [-0.3, -0.25) is 4.98 Å². The highest BCUT2D eigenvalue weighted by Gasteiger charge is 2.03. The molecule has 4 heteroatoms. The number of aromatic nitrogens is 2. The molecule has 1 N–H and O–H groups in total. The van der Waals surface area contributed by atoms with Crippen LogP contribution in [0.3, 0.4) is 0 Å². The lowest BCUT2D eigenvalue weighted by molar-refractivity contribution is 1.13. The van der Waals surface area contributed by atoms with Gasteiger partial charge in [-0.1, -0.05) is 30.3 Å². The highest BCUT2D eigenvalue weighted by molar-refractivity contribution is 7.14. The summed E-state index contributed by atoms with van der Waals surface area (Å²) in [4.78, 5) is 8.59. The largest absolute Gasteiger partial charge is 0.357 e. The zero-order valence-electron chi connectivity index (χ0n) is 10.3. The van der Waals surface area contributed by atoms with E-state index >= 15 is 0 Å². The first-order valence-corrected chi connectivity index (χ1v) is 6.93. The third-order valence-electron chi connectivity index (χ3n) is 2.77. The first kappa shape index (κ1) is 11.9. The highest BCUT2D eigenvalue weighted by Crippen LogP contribution is 2.24. The highest BCUT2D eigenvalue weighted by atomic mass is 32.1. The fraction of sp³-hybridized carbons (Fsp3) is 0.0667. The Hall–Kier alpha value is -2.20. The maximum atomic E-state index is 4.58. The summed E-state index contributed by atoms with van der Waals surface area (Å²) >= 11 is 1.62. The molecule has 1 aromatic carbocycles. The number of thiazole rings is 1. The van der Waals surface area contributed by atoms with E-state index in [1.165, 1.54) is 5.56 Å². The summed E-state index contributed by atoms with van der Waals surface area (Å²) < 4.78 is 0. The van der Waals surface area contributed by atoms with Crippen molar-refractivity contribution in [3.05, 3.63) is 65.8 Å². The third kappa shape index (κ3) is 2.98. The van der Waals surface area contributed by atoms with Crippen LogP contribution in [0, 0.1) is 0 Å². The molecule has 3 aromatic rings. The molecular weight excluding hydrogens is 254 g/mol. The lowest BCUT2D eigenvalue weighted by atomic mass is 10.2. The van der Waals surface area contributed by atoms with Crippen LogP contribution in [0.15, 0.2) is 60.2 Å². The molecule has 3 nitrogen and oxygen atoms in total. The number of hydrogen-bond donors (Lipinski definition) is 1. The molecule has 19 heavy (non-hydrogen) atoms. The van der Waals surface area contributed by atoms with E-state index in [0.717, 1.165) is 22.9 Å². The molecule has 2 aromatic heterocycles. The Morgan fingerprint density at radius 1 is 1.00 bits per heavy atom. The van der Waals surface area contributed by atoms with E-state index in [0.29, 0.717) is 0 Å². The van der Waals surface area contributed by atoms with Crippen LogP contribution < -0.4 is 5.32 Å². The summed E-state index contributed by atoms with van der Waals surface area (Å²) in [5.74, 6) is 0. The summed E-state index contributed by atoms with van der Waals surface area (Å²) in [7, 11) is 0. The SMILES string of the molecule is c1ccc(CNc2nc(-c3ccncc3)cs2)cc1. The van der Waals surface area contributed by atoms with Crippen molar-refractivity contribution in [1.82, 2.24) is 9.97 Å². The number of hydrogen-bond acceptors (Lipinski definition) is 4. The molecule has 0 unspecified atom stereocenters. The molecule has 0 aliphatic heterocycles. The fourth-order valence-corrected chi connectivity index (χ4v) is 2.50. The topological polar surface area (TPSA) is 37.8 Å². The maximum Gasteiger partial charge on any atom is 0.183 e. The summed E-state index contributed by atoms with van der Waals surface area (Å²) in [6.45, 7) is 0.796. The van der Waals surface area contributed by atoms with Crippen LogP contribution in [-0.2, 0) is 6.54 Å². The van der Waals surface area contributed by atoms with E-state index in [9.17, 15) is 0 Å². The second-order valence-corrected chi connectivity index (χ2v) is 4.97. The number of rotatable bonds is 4. The van der Waals surface area contributed by atoms with Crippen molar-refractivity contribution in [3.63, 3.8) is 0 Å². The molecule has 0 spiro atoms. The molecule has 0 amide bonds. The predicted octanol–water partition coefficient (Wildman–Crippen LogP) is 3.82. The van der Waals surface area contributed by atoms with Gasteiger partial charge in [-0.25, -0.2) is 4.98 Å². The van der Waals surface area contributed by atoms with Gasteiger partial charge in [0.05, 0.1) is 5.69 Å². The van der Waals surface area contributed by atoms with E-state index < -0.39 is 0 Å². The minimum absolute atomic E-state index is 0.796. The Bertz CT molecular complexity index is 635. The Balaban J connectivity index is 1.69. The Kier molecular flexibility index (Phi) is 3.51. The molecule has 3 rings (SSSR count). The van der Waals surface area contributed by atoms with Crippen LogP contribution in [0.4, 0.5) is 5.13 Å². The van der Waals surface area contributed by atoms with Crippen LogP contribution in [-0.4, -0.2) is 9.97 Å². The van der Waals surface area contributed by atoms with E-state index in [2.05, 4.69) is 32.8 Å². The average molecular weight is 267 g/mol. The van der Waals surface area contributed by atoms with Crippen LogP contribution >= 0.6 is 11.3 Å². The summed E-state index contributed by atoms with van der Waals surface area (Å²) in [6.07, 6.45) is 3.57. The van der Waals surface area contributed by atoms with Gasteiger partial charge >= 0.3 is 0 Å². The summed E-state index contributed by atoms with van der Waals surface area (Å²) in [5, 5.41) is 6.34. The molecule has 0 saturated carbocycles. The minimum Gasteiger partial charge on any atom is -0.357 e. The van der Waals surface area contributed by atoms with Gasteiger partial charge in [-0.2, -0.15) is 0 Å². The zero-order chi connectivity index (χ0) is 12.9. The summed E-state index contributed by atoms with van der Waals surface area (Å²) in [6, 6.07) is 14.2. The zero-order valence-corrected chi connectivity index (χ0v) is 11.1. The normalized spacial score (nSPS) is 10.3. The lowest BCUT2D eigenvalue weighted by Gasteiger charge is -2.02. The van der Waals surface area contributed by atoms with Gasteiger partial charge in [-0.05, 0) is 17.7 Å². The van der Waals surface area contributed by atoms with Crippen molar-refractivity contribution in [2.45, 2.75) is 6.54 Å². The number of nitrogens with zero attached hydrogens (tertiary/aromatic N) is 2. The van der Waals surface area contributed by atoms with Gasteiger partial charge in [0.25, 0.3) is 0 Å². The number of benzene rings is 1. The molecule has 0 fully saturated rings. The van der Waals surface area contributed by atoms with E-state index in [-0.39, 0.29) is 0 Å². The quantitative estimate of drug-likeness (QED) is 0.781. The second kappa shape index (κ2) is 5.63. The molecule has 0 saturated heterocycles.